The summed E-state index contributed by atoms with van der Waals surface area (Å²) in [4.78, 5) is 2.27. The predicted octanol–water partition coefficient (Wildman–Crippen LogP) is 3.35. The Morgan fingerprint density at radius 1 is 1.09 bits per heavy atom. The number of aromatic nitrogens is 1. The maximum absolute atomic E-state index is 6.64. The second kappa shape index (κ2) is 4.38. The van der Waals surface area contributed by atoms with Crippen LogP contribution in [0, 0.1) is 6.92 Å². The fourth-order valence-corrected chi connectivity index (χ4v) is 4.02. The quantitative estimate of drug-likeness (QED) is 0.694. The van der Waals surface area contributed by atoms with Gasteiger partial charge in [0.25, 0.3) is 0 Å². The number of benzene rings is 1. The van der Waals surface area contributed by atoms with E-state index >= 15 is 0 Å². The Kier molecular flexibility index (Phi) is 2.72. The van der Waals surface area contributed by atoms with Gasteiger partial charge in [0.1, 0.15) is 7.05 Å². The maximum Gasteiger partial charge on any atom is 0.247 e. The number of anilines is 1. The lowest BCUT2D eigenvalue weighted by Crippen LogP contribution is -2.59. The van der Waals surface area contributed by atoms with Crippen LogP contribution in [0.25, 0.3) is 6.08 Å². The average molecular weight is 307 g/mol. The van der Waals surface area contributed by atoms with Gasteiger partial charge in [-0.15, -0.1) is 0 Å². The largest absolute Gasteiger partial charge is 0.456 e. The molecule has 0 radical (unpaired) electrons. The molecule has 2 aliphatic rings. The molecule has 1 atom stereocenters. The minimum atomic E-state index is -0.494. The number of likely N-dealkylation sites (N-methyl/N-ethyl adjacent to an activating group) is 1. The summed E-state index contributed by atoms with van der Waals surface area (Å²) in [5.41, 5.74) is 4.27. The number of pyridine rings is 1. The molecule has 0 saturated heterocycles. The van der Waals surface area contributed by atoms with Crippen molar-refractivity contribution in [2.45, 2.75) is 31.9 Å². The molecule has 4 rings (SSSR count). The van der Waals surface area contributed by atoms with E-state index in [-0.39, 0.29) is 5.41 Å². The Bertz CT molecular complexity index is 838. The molecular weight excluding hydrogens is 284 g/mol. The molecule has 2 aliphatic heterocycles. The van der Waals surface area contributed by atoms with Gasteiger partial charge in [-0.1, -0.05) is 18.2 Å². The van der Waals surface area contributed by atoms with Crippen LogP contribution in [0.2, 0.25) is 0 Å². The van der Waals surface area contributed by atoms with E-state index in [9.17, 15) is 0 Å². The summed E-state index contributed by atoms with van der Waals surface area (Å²) in [5, 5.41) is 0. The topological polar surface area (TPSA) is 16.4 Å². The average Bonchev–Trinajstić information content (AvgIpc) is 2.71. The first-order valence-electron chi connectivity index (χ1n) is 8.10. The number of para-hydroxylation sites is 1. The van der Waals surface area contributed by atoms with Crippen LogP contribution < -0.4 is 14.2 Å². The Balaban J connectivity index is 1.91. The van der Waals surface area contributed by atoms with Crippen LogP contribution in [-0.2, 0) is 12.5 Å². The molecule has 2 aromatic rings. The van der Waals surface area contributed by atoms with Gasteiger partial charge in [0.15, 0.2) is 11.4 Å². The Hall–Kier alpha value is -2.29. The van der Waals surface area contributed by atoms with Gasteiger partial charge in [-0.3, -0.25) is 0 Å². The molecule has 3 nitrogen and oxygen atoms in total. The van der Waals surface area contributed by atoms with E-state index in [1.807, 2.05) is 0 Å². The fourth-order valence-electron chi connectivity index (χ4n) is 4.02. The highest BCUT2D eigenvalue weighted by Gasteiger charge is 2.58. The Labute approximate surface area is 137 Å². The van der Waals surface area contributed by atoms with Crippen LogP contribution in [0.5, 0.6) is 5.75 Å². The minimum absolute atomic E-state index is 0.143. The molecule has 3 heterocycles. The normalized spacial score (nSPS) is 23.6. The van der Waals surface area contributed by atoms with Crippen molar-refractivity contribution in [1.82, 2.24) is 0 Å². The second-order valence-electron chi connectivity index (χ2n) is 7.12. The molecule has 0 bridgehead atoms. The number of aryl methyl sites for hydroxylation is 1. The molecule has 23 heavy (non-hydrogen) atoms. The molecule has 0 saturated carbocycles. The molecule has 1 aromatic heterocycles. The molecule has 0 amide bonds. The number of hydrogen-bond acceptors (Lipinski definition) is 2. The maximum atomic E-state index is 6.64. The third-order valence-electron chi connectivity index (χ3n) is 5.68. The number of rotatable bonds is 0. The minimum Gasteiger partial charge on any atom is -0.456 e. The first-order valence-corrected chi connectivity index (χ1v) is 8.10. The molecule has 0 aliphatic carbocycles. The summed E-state index contributed by atoms with van der Waals surface area (Å²) < 4.78 is 8.82. The lowest BCUT2D eigenvalue weighted by atomic mass is 9.76. The number of nitrogens with zero attached hydrogens (tertiary/aromatic N) is 2. The van der Waals surface area contributed by atoms with Crippen molar-refractivity contribution in [3.8, 4) is 5.75 Å². The zero-order chi connectivity index (χ0) is 16.4. The van der Waals surface area contributed by atoms with Gasteiger partial charge in [0.05, 0.1) is 5.41 Å². The van der Waals surface area contributed by atoms with Gasteiger partial charge in [-0.05, 0) is 37.6 Å². The fraction of sp³-hybridized carbons (Fsp3) is 0.350. The smallest absolute Gasteiger partial charge is 0.247 e. The van der Waals surface area contributed by atoms with Crippen molar-refractivity contribution in [2.75, 3.05) is 11.9 Å². The lowest BCUT2D eigenvalue weighted by molar-refractivity contribution is -0.680. The van der Waals surface area contributed by atoms with Crippen molar-refractivity contribution in [2.24, 2.45) is 7.05 Å². The molecule has 1 aromatic carbocycles. The van der Waals surface area contributed by atoms with E-state index in [2.05, 4.69) is 92.9 Å². The molecular formula is C20H23N2O+. The van der Waals surface area contributed by atoms with Crippen LogP contribution >= 0.6 is 0 Å². The highest BCUT2D eigenvalue weighted by atomic mass is 16.5. The van der Waals surface area contributed by atoms with Crippen LogP contribution in [0.15, 0.2) is 42.5 Å². The predicted molar refractivity (Wildman–Crippen MR) is 92.6 cm³/mol. The van der Waals surface area contributed by atoms with E-state index in [1.54, 1.807) is 0 Å². The standard InChI is InChI=1S/C20H23N2O/c1-14-10-11-18-17(21(14)4)12-13-20(23-18)19(2,3)15-8-6-7-9-16(15)22(20)5/h6-13H,1-5H3/q+1. The van der Waals surface area contributed by atoms with E-state index in [0.717, 1.165) is 11.4 Å². The summed E-state index contributed by atoms with van der Waals surface area (Å²) >= 11 is 0. The number of hydrogen-bond donors (Lipinski definition) is 0. The van der Waals surface area contributed by atoms with Gasteiger partial charge in [0.2, 0.25) is 11.4 Å². The molecule has 118 valence electrons. The zero-order valence-corrected chi connectivity index (χ0v) is 14.4. The summed E-state index contributed by atoms with van der Waals surface area (Å²) in [6, 6.07) is 12.8. The van der Waals surface area contributed by atoms with Crippen LogP contribution in [0.3, 0.4) is 0 Å². The van der Waals surface area contributed by atoms with Gasteiger partial charge < -0.3 is 9.64 Å². The van der Waals surface area contributed by atoms with E-state index in [1.165, 1.54) is 16.9 Å². The zero-order valence-electron chi connectivity index (χ0n) is 14.4. The van der Waals surface area contributed by atoms with Gasteiger partial charge in [0, 0.05) is 31.8 Å². The molecule has 1 spiro atoms. The van der Waals surface area contributed by atoms with Crippen molar-refractivity contribution >= 4 is 11.8 Å². The van der Waals surface area contributed by atoms with E-state index in [4.69, 9.17) is 4.74 Å². The third-order valence-corrected chi connectivity index (χ3v) is 5.68. The monoisotopic (exact) mass is 307 g/mol. The highest BCUT2D eigenvalue weighted by Crippen LogP contribution is 2.53. The summed E-state index contributed by atoms with van der Waals surface area (Å²) in [6.45, 7) is 6.64. The number of ether oxygens (including phenoxy) is 1. The van der Waals surface area contributed by atoms with Crippen molar-refractivity contribution < 1.29 is 9.30 Å². The first kappa shape index (κ1) is 14.3. The Morgan fingerprint density at radius 3 is 2.57 bits per heavy atom. The lowest BCUT2D eigenvalue weighted by Gasteiger charge is -2.45. The van der Waals surface area contributed by atoms with Crippen LogP contribution in [0.4, 0.5) is 5.69 Å². The molecule has 0 fully saturated rings. The van der Waals surface area contributed by atoms with E-state index < -0.39 is 5.72 Å². The first-order chi connectivity index (χ1) is 10.9. The highest BCUT2D eigenvalue weighted by molar-refractivity contribution is 5.70. The van der Waals surface area contributed by atoms with Crippen LogP contribution in [0.1, 0.15) is 30.8 Å². The summed E-state index contributed by atoms with van der Waals surface area (Å²) in [7, 11) is 4.20. The van der Waals surface area contributed by atoms with Crippen molar-refractivity contribution in [3.63, 3.8) is 0 Å². The SMILES string of the molecule is Cc1ccc2c([n+]1C)C=CC1(O2)N(C)c2ccccc2C1(C)C. The van der Waals surface area contributed by atoms with Gasteiger partial charge in [-0.2, -0.15) is 4.57 Å². The van der Waals surface area contributed by atoms with Gasteiger partial charge >= 0.3 is 0 Å². The molecule has 3 heteroatoms. The van der Waals surface area contributed by atoms with Crippen molar-refractivity contribution in [1.29, 1.82) is 0 Å². The third kappa shape index (κ3) is 1.62. The van der Waals surface area contributed by atoms with Gasteiger partial charge in [-0.25, -0.2) is 0 Å². The number of fused-ring (bicyclic) bond motifs is 2. The van der Waals surface area contributed by atoms with E-state index in [0.29, 0.717) is 0 Å². The second-order valence-corrected chi connectivity index (χ2v) is 7.12. The summed E-state index contributed by atoms with van der Waals surface area (Å²) in [6.07, 6.45) is 4.42. The summed E-state index contributed by atoms with van der Waals surface area (Å²) in [5.74, 6) is 0.938. The Morgan fingerprint density at radius 2 is 1.83 bits per heavy atom. The van der Waals surface area contributed by atoms with Crippen molar-refractivity contribution in [3.05, 3.63) is 59.4 Å². The molecule has 0 N–H and O–H groups in total. The van der Waals surface area contributed by atoms with Crippen LogP contribution in [-0.4, -0.2) is 12.8 Å². The molecule has 1 unspecified atom stereocenters.